The predicted molar refractivity (Wildman–Crippen MR) is 67.9 cm³/mol. The quantitative estimate of drug-likeness (QED) is 0.685. The molecule has 4 nitrogen and oxygen atoms in total. The highest BCUT2D eigenvalue weighted by molar-refractivity contribution is 6.32. The van der Waals surface area contributed by atoms with Crippen molar-refractivity contribution in [2.45, 2.75) is 31.2 Å². The standard InChI is InChI=1S/C13H13ClFNO3/c1-19-12-9(14)6-8(11(18)10(12)15)13(16-7-17)4-2-3-5-13/h6,18H,2-5H2,1H3. The predicted octanol–water partition coefficient (Wildman–Crippen LogP) is 3.30. The van der Waals surface area contributed by atoms with Crippen LogP contribution in [0.5, 0.6) is 11.5 Å². The van der Waals surface area contributed by atoms with Crippen molar-refractivity contribution in [3.05, 3.63) is 22.5 Å². The largest absolute Gasteiger partial charge is 0.504 e. The Morgan fingerprint density at radius 1 is 1.53 bits per heavy atom. The normalized spacial score (nSPS) is 17.0. The highest BCUT2D eigenvalue weighted by atomic mass is 35.5. The zero-order valence-electron chi connectivity index (χ0n) is 10.4. The van der Waals surface area contributed by atoms with Crippen LogP contribution in [0, 0.1) is 5.82 Å². The first-order chi connectivity index (χ1) is 9.05. The number of phenolic OH excluding ortho intramolecular Hbond substituents is 1. The summed E-state index contributed by atoms with van der Waals surface area (Å²) in [6.45, 7) is 0. The average molecular weight is 286 g/mol. The second-order valence-electron chi connectivity index (χ2n) is 4.54. The summed E-state index contributed by atoms with van der Waals surface area (Å²) in [6, 6.07) is 1.41. The lowest BCUT2D eigenvalue weighted by Gasteiger charge is -2.24. The van der Waals surface area contributed by atoms with Gasteiger partial charge in [0.05, 0.1) is 12.1 Å². The molecule has 6 heteroatoms. The fourth-order valence-corrected chi connectivity index (χ4v) is 2.89. The molecule has 0 bridgehead atoms. The minimum absolute atomic E-state index is 0.0418. The molecule has 0 spiro atoms. The molecule has 1 aromatic rings. The van der Waals surface area contributed by atoms with Gasteiger partial charge in [-0.2, -0.15) is 9.38 Å². The Morgan fingerprint density at radius 3 is 2.68 bits per heavy atom. The number of aromatic hydroxyl groups is 1. The van der Waals surface area contributed by atoms with Crippen LogP contribution in [0.4, 0.5) is 4.39 Å². The van der Waals surface area contributed by atoms with Gasteiger partial charge in [0.15, 0.2) is 11.5 Å². The van der Waals surface area contributed by atoms with Gasteiger partial charge in [-0.3, -0.25) is 0 Å². The zero-order chi connectivity index (χ0) is 14.0. The molecule has 102 valence electrons. The Kier molecular flexibility index (Phi) is 3.78. The van der Waals surface area contributed by atoms with Gasteiger partial charge in [0.25, 0.3) is 0 Å². The second kappa shape index (κ2) is 5.19. The maximum atomic E-state index is 14.0. The summed E-state index contributed by atoms with van der Waals surface area (Å²) >= 11 is 5.93. The van der Waals surface area contributed by atoms with Gasteiger partial charge < -0.3 is 9.84 Å². The molecule has 1 aromatic carbocycles. The number of phenols is 1. The van der Waals surface area contributed by atoms with Gasteiger partial charge in [-0.05, 0) is 18.9 Å². The smallest absolute Gasteiger partial charge is 0.235 e. The van der Waals surface area contributed by atoms with E-state index in [4.69, 9.17) is 16.3 Å². The fourth-order valence-electron chi connectivity index (χ4n) is 2.62. The molecule has 0 atom stereocenters. The Balaban J connectivity index is 2.65. The number of methoxy groups -OCH3 is 1. The topological polar surface area (TPSA) is 58.9 Å². The van der Waals surface area contributed by atoms with Crippen molar-refractivity contribution in [2.75, 3.05) is 7.11 Å². The third-order valence-corrected chi connectivity index (χ3v) is 3.83. The summed E-state index contributed by atoms with van der Waals surface area (Å²) in [5.41, 5.74) is -0.709. The van der Waals surface area contributed by atoms with Gasteiger partial charge in [-0.15, -0.1) is 0 Å². The van der Waals surface area contributed by atoms with Crippen molar-refractivity contribution in [3.63, 3.8) is 0 Å². The van der Waals surface area contributed by atoms with Crippen LogP contribution < -0.4 is 4.74 Å². The van der Waals surface area contributed by atoms with E-state index < -0.39 is 17.1 Å². The Hall–Kier alpha value is -1.58. The molecule has 1 saturated carbocycles. The van der Waals surface area contributed by atoms with Gasteiger partial charge >= 0.3 is 0 Å². The molecular formula is C13H13ClFNO3. The average Bonchev–Trinajstić information content (AvgIpc) is 2.84. The molecule has 0 aromatic heterocycles. The summed E-state index contributed by atoms with van der Waals surface area (Å²) in [6.07, 6.45) is 4.30. The van der Waals surface area contributed by atoms with Gasteiger partial charge in [-0.25, -0.2) is 4.79 Å². The molecule has 19 heavy (non-hydrogen) atoms. The molecule has 2 rings (SSSR count). The van der Waals surface area contributed by atoms with E-state index in [0.717, 1.165) is 12.8 Å². The van der Waals surface area contributed by atoms with Crippen LogP contribution in [0.3, 0.4) is 0 Å². The van der Waals surface area contributed by atoms with Crippen LogP contribution in [0.15, 0.2) is 11.1 Å². The summed E-state index contributed by atoms with van der Waals surface area (Å²) in [4.78, 5) is 14.4. The number of hydrogen-bond acceptors (Lipinski definition) is 4. The van der Waals surface area contributed by atoms with E-state index in [1.807, 2.05) is 0 Å². The van der Waals surface area contributed by atoms with Crippen LogP contribution in [0.2, 0.25) is 5.02 Å². The lowest BCUT2D eigenvalue weighted by atomic mass is 9.88. The SMILES string of the molecule is COc1c(Cl)cc(C2(N=C=O)CCCC2)c(O)c1F. The van der Waals surface area contributed by atoms with Gasteiger partial charge in [0, 0.05) is 5.56 Å². The third kappa shape index (κ3) is 2.20. The van der Waals surface area contributed by atoms with E-state index in [2.05, 4.69) is 4.99 Å². The van der Waals surface area contributed by atoms with Crippen LogP contribution >= 0.6 is 11.6 Å². The minimum atomic E-state index is -0.933. The molecule has 0 amide bonds. The molecule has 0 aliphatic heterocycles. The van der Waals surface area contributed by atoms with Crippen molar-refractivity contribution in [1.82, 2.24) is 0 Å². The van der Waals surface area contributed by atoms with E-state index >= 15 is 0 Å². The maximum Gasteiger partial charge on any atom is 0.235 e. The number of ether oxygens (including phenoxy) is 1. The first-order valence-corrected chi connectivity index (χ1v) is 6.28. The molecule has 0 saturated heterocycles. The van der Waals surface area contributed by atoms with Crippen LogP contribution in [0.25, 0.3) is 0 Å². The molecule has 1 fully saturated rings. The van der Waals surface area contributed by atoms with Crippen LogP contribution in [-0.4, -0.2) is 18.3 Å². The van der Waals surface area contributed by atoms with E-state index in [-0.39, 0.29) is 16.3 Å². The van der Waals surface area contributed by atoms with E-state index in [1.54, 1.807) is 0 Å². The summed E-state index contributed by atoms with van der Waals surface area (Å²) in [5.74, 6) is -1.72. The summed E-state index contributed by atoms with van der Waals surface area (Å²) in [7, 11) is 1.26. The van der Waals surface area contributed by atoms with Crippen molar-refractivity contribution >= 4 is 17.7 Å². The number of benzene rings is 1. The van der Waals surface area contributed by atoms with Gasteiger partial charge in [0.1, 0.15) is 5.54 Å². The first-order valence-electron chi connectivity index (χ1n) is 5.90. The highest BCUT2D eigenvalue weighted by Gasteiger charge is 2.39. The van der Waals surface area contributed by atoms with Crippen LogP contribution in [-0.2, 0) is 10.3 Å². The van der Waals surface area contributed by atoms with Gasteiger partial charge in [0.2, 0.25) is 11.9 Å². The van der Waals surface area contributed by atoms with Crippen molar-refractivity contribution in [2.24, 2.45) is 4.99 Å². The maximum absolute atomic E-state index is 14.0. The van der Waals surface area contributed by atoms with E-state index in [0.29, 0.717) is 12.8 Å². The lowest BCUT2D eigenvalue weighted by Crippen LogP contribution is -2.19. The van der Waals surface area contributed by atoms with Gasteiger partial charge in [-0.1, -0.05) is 24.4 Å². The number of halogens is 2. The molecule has 0 heterocycles. The lowest BCUT2D eigenvalue weighted by molar-refractivity contribution is 0.349. The molecule has 1 N–H and O–H groups in total. The second-order valence-corrected chi connectivity index (χ2v) is 4.95. The molecular weight excluding hydrogens is 273 g/mol. The monoisotopic (exact) mass is 285 g/mol. The van der Waals surface area contributed by atoms with Crippen LogP contribution in [0.1, 0.15) is 31.2 Å². The number of rotatable bonds is 3. The number of isocyanates is 1. The van der Waals surface area contributed by atoms with Crippen molar-refractivity contribution in [1.29, 1.82) is 0 Å². The Labute approximate surface area is 114 Å². The molecule has 0 unspecified atom stereocenters. The number of nitrogens with zero attached hydrogens (tertiary/aromatic N) is 1. The molecule has 0 radical (unpaired) electrons. The summed E-state index contributed by atoms with van der Waals surface area (Å²) in [5, 5.41) is 10.0. The molecule has 1 aliphatic rings. The Bertz CT molecular complexity index is 549. The molecule has 1 aliphatic carbocycles. The highest BCUT2D eigenvalue weighted by Crippen LogP contribution is 2.49. The number of hydrogen-bond donors (Lipinski definition) is 1. The summed E-state index contributed by atoms with van der Waals surface area (Å²) < 4.78 is 18.8. The number of carbonyl (C=O) groups excluding carboxylic acids is 1. The van der Waals surface area contributed by atoms with E-state index in [1.165, 1.54) is 19.3 Å². The fraction of sp³-hybridized carbons (Fsp3) is 0.462. The van der Waals surface area contributed by atoms with Crippen molar-refractivity contribution < 1.29 is 19.0 Å². The van der Waals surface area contributed by atoms with E-state index in [9.17, 15) is 14.3 Å². The minimum Gasteiger partial charge on any atom is -0.504 e. The number of aliphatic imine (C=N–C) groups is 1. The Morgan fingerprint density at radius 2 is 2.16 bits per heavy atom. The first kappa shape index (κ1) is 13.8. The third-order valence-electron chi connectivity index (χ3n) is 3.55. The zero-order valence-corrected chi connectivity index (χ0v) is 11.1. The van der Waals surface area contributed by atoms with Crippen molar-refractivity contribution in [3.8, 4) is 11.5 Å².